The van der Waals surface area contributed by atoms with Crippen molar-refractivity contribution in [2.45, 2.75) is 45.4 Å². The standard InChI is InChI=1S/C14H20ClNO/c1-2-3-4-5-6-7-14(17)11-8-12(15)10-13(16)9-11/h8-10H,2-7,16H2,1H3. The zero-order valence-electron chi connectivity index (χ0n) is 10.3. The van der Waals surface area contributed by atoms with Crippen molar-refractivity contribution in [1.29, 1.82) is 0 Å². The van der Waals surface area contributed by atoms with Crippen LogP contribution in [-0.2, 0) is 0 Å². The van der Waals surface area contributed by atoms with Crippen LogP contribution in [0, 0.1) is 0 Å². The number of nitrogens with two attached hydrogens (primary N) is 1. The molecule has 1 aromatic rings. The lowest BCUT2D eigenvalue weighted by atomic mass is 10.0. The average molecular weight is 254 g/mol. The number of ketones is 1. The maximum atomic E-state index is 11.9. The molecule has 0 aliphatic carbocycles. The summed E-state index contributed by atoms with van der Waals surface area (Å²) in [6.07, 6.45) is 6.34. The second-order valence-electron chi connectivity index (χ2n) is 4.36. The Labute approximate surface area is 108 Å². The van der Waals surface area contributed by atoms with E-state index in [1.54, 1.807) is 18.2 Å². The number of hydrogen-bond donors (Lipinski definition) is 1. The second-order valence-corrected chi connectivity index (χ2v) is 4.80. The zero-order valence-corrected chi connectivity index (χ0v) is 11.1. The lowest BCUT2D eigenvalue weighted by Crippen LogP contribution is -2.00. The molecule has 0 saturated heterocycles. The summed E-state index contributed by atoms with van der Waals surface area (Å²) < 4.78 is 0. The number of rotatable bonds is 7. The van der Waals surface area contributed by atoms with Crippen LogP contribution in [0.5, 0.6) is 0 Å². The molecule has 0 bridgehead atoms. The van der Waals surface area contributed by atoms with Gasteiger partial charge in [-0.15, -0.1) is 0 Å². The van der Waals surface area contributed by atoms with Gasteiger partial charge in [0, 0.05) is 22.7 Å². The Morgan fingerprint density at radius 2 is 1.88 bits per heavy atom. The largest absolute Gasteiger partial charge is 0.399 e. The van der Waals surface area contributed by atoms with Crippen LogP contribution in [0.2, 0.25) is 5.02 Å². The highest BCUT2D eigenvalue weighted by molar-refractivity contribution is 6.31. The van der Waals surface area contributed by atoms with Crippen LogP contribution in [0.25, 0.3) is 0 Å². The van der Waals surface area contributed by atoms with Crippen LogP contribution in [0.1, 0.15) is 55.8 Å². The average Bonchev–Trinajstić information content (AvgIpc) is 2.27. The normalized spacial score (nSPS) is 10.5. The summed E-state index contributed by atoms with van der Waals surface area (Å²) in [6, 6.07) is 5.03. The number of halogens is 1. The molecule has 94 valence electrons. The van der Waals surface area contributed by atoms with Gasteiger partial charge in [-0.1, -0.05) is 44.2 Å². The first kappa shape index (κ1) is 14.0. The quantitative estimate of drug-likeness (QED) is 0.443. The van der Waals surface area contributed by atoms with Gasteiger partial charge in [0.1, 0.15) is 0 Å². The summed E-state index contributed by atoms with van der Waals surface area (Å²) in [5.74, 6) is 0.135. The smallest absolute Gasteiger partial charge is 0.163 e. The molecule has 17 heavy (non-hydrogen) atoms. The Bertz CT molecular complexity index is 356. The van der Waals surface area contributed by atoms with E-state index in [1.807, 2.05) is 0 Å². The van der Waals surface area contributed by atoms with E-state index in [0.29, 0.717) is 22.7 Å². The van der Waals surface area contributed by atoms with Crippen LogP contribution in [0.4, 0.5) is 5.69 Å². The minimum atomic E-state index is 0.135. The van der Waals surface area contributed by atoms with Gasteiger partial charge in [-0.05, 0) is 24.6 Å². The van der Waals surface area contributed by atoms with Crippen LogP contribution >= 0.6 is 11.6 Å². The van der Waals surface area contributed by atoms with E-state index in [9.17, 15) is 4.79 Å². The minimum absolute atomic E-state index is 0.135. The third-order valence-corrected chi connectivity index (χ3v) is 2.97. The van der Waals surface area contributed by atoms with Crippen molar-refractivity contribution in [1.82, 2.24) is 0 Å². The summed E-state index contributed by atoms with van der Waals surface area (Å²) >= 11 is 5.86. The number of unbranched alkanes of at least 4 members (excludes halogenated alkanes) is 4. The molecule has 0 spiro atoms. The number of carbonyl (C=O) groups is 1. The highest BCUT2D eigenvalue weighted by atomic mass is 35.5. The summed E-state index contributed by atoms with van der Waals surface area (Å²) in [5, 5.41) is 0.527. The Morgan fingerprint density at radius 1 is 1.18 bits per heavy atom. The Morgan fingerprint density at radius 3 is 2.53 bits per heavy atom. The van der Waals surface area contributed by atoms with Crippen molar-refractivity contribution in [3.63, 3.8) is 0 Å². The minimum Gasteiger partial charge on any atom is -0.399 e. The molecule has 0 aromatic heterocycles. The van der Waals surface area contributed by atoms with Gasteiger partial charge in [0.25, 0.3) is 0 Å². The SMILES string of the molecule is CCCCCCCC(=O)c1cc(N)cc(Cl)c1. The molecule has 2 nitrogen and oxygen atoms in total. The maximum absolute atomic E-state index is 11.9. The van der Waals surface area contributed by atoms with Crippen molar-refractivity contribution in [2.75, 3.05) is 5.73 Å². The lowest BCUT2D eigenvalue weighted by molar-refractivity contribution is 0.0979. The van der Waals surface area contributed by atoms with E-state index in [4.69, 9.17) is 17.3 Å². The van der Waals surface area contributed by atoms with Gasteiger partial charge < -0.3 is 5.73 Å². The molecule has 0 heterocycles. The van der Waals surface area contributed by atoms with Gasteiger partial charge in [0.2, 0.25) is 0 Å². The summed E-state index contributed by atoms with van der Waals surface area (Å²) in [7, 11) is 0. The van der Waals surface area contributed by atoms with E-state index >= 15 is 0 Å². The number of carbonyl (C=O) groups excluding carboxylic acids is 1. The van der Waals surface area contributed by atoms with Crippen molar-refractivity contribution in [3.05, 3.63) is 28.8 Å². The number of nitrogen functional groups attached to an aromatic ring is 1. The van der Waals surface area contributed by atoms with Gasteiger partial charge >= 0.3 is 0 Å². The first-order valence-corrected chi connectivity index (χ1v) is 6.60. The van der Waals surface area contributed by atoms with Crippen molar-refractivity contribution < 1.29 is 4.79 Å². The molecule has 1 rings (SSSR count). The Kier molecular flexibility index (Phi) is 6.06. The topological polar surface area (TPSA) is 43.1 Å². The number of Topliss-reactive ketones (excluding diaryl/α,β-unsaturated/α-hetero) is 1. The van der Waals surface area contributed by atoms with E-state index in [-0.39, 0.29) is 5.78 Å². The monoisotopic (exact) mass is 253 g/mol. The third kappa shape index (κ3) is 5.22. The van der Waals surface area contributed by atoms with Crippen LogP contribution in [0.15, 0.2) is 18.2 Å². The van der Waals surface area contributed by atoms with Crippen molar-refractivity contribution in [2.24, 2.45) is 0 Å². The van der Waals surface area contributed by atoms with Crippen LogP contribution < -0.4 is 5.73 Å². The van der Waals surface area contributed by atoms with Gasteiger partial charge in [0.05, 0.1) is 0 Å². The lowest BCUT2D eigenvalue weighted by Gasteiger charge is -2.03. The third-order valence-electron chi connectivity index (χ3n) is 2.75. The summed E-state index contributed by atoms with van der Waals surface area (Å²) in [6.45, 7) is 2.18. The molecule has 0 aliphatic heterocycles. The van der Waals surface area contributed by atoms with Gasteiger partial charge in [0.15, 0.2) is 5.78 Å². The maximum Gasteiger partial charge on any atom is 0.163 e. The van der Waals surface area contributed by atoms with E-state index in [2.05, 4.69) is 6.92 Å². The molecule has 0 atom stereocenters. The fourth-order valence-electron chi connectivity index (χ4n) is 1.81. The second kappa shape index (κ2) is 7.33. The Hall–Kier alpha value is -1.02. The molecular formula is C14H20ClNO. The molecule has 3 heteroatoms. The molecule has 0 fully saturated rings. The van der Waals surface area contributed by atoms with Crippen molar-refractivity contribution >= 4 is 23.1 Å². The number of benzene rings is 1. The fraction of sp³-hybridized carbons (Fsp3) is 0.500. The molecule has 1 aromatic carbocycles. The first-order valence-electron chi connectivity index (χ1n) is 6.22. The van der Waals surface area contributed by atoms with E-state index < -0.39 is 0 Å². The van der Waals surface area contributed by atoms with E-state index in [0.717, 1.165) is 12.8 Å². The van der Waals surface area contributed by atoms with Gasteiger partial charge in [-0.25, -0.2) is 0 Å². The predicted molar refractivity (Wildman–Crippen MR) is 73.6 cm³/mol. The van der Waals surface area contributed by atoms with Gasteiger partial charge in [-0.3, -0.25) is 4.79 Å². The Balaban J connectivity index is 2.41. The predicted octanol–water partition coefficient (Wildman–Crippen LogP) is 4.47. The van der Waals surface area contributed by atoms with E-state index in [1.165, 1.54) is 19.3 Å². The molecule has 0 radical (unpaired) electrons. The molecule has 0 saturated carbocycles. The summed E-state index contributed by atoms with van der Waals surface area (Å²) in [4.78, 5) is 11.9. The number of hydrogen-bond acceptors (Lipinski definition) is 2. The molecule has 2 N–H and O–H groups in total. The highest BCUT2D eigenvalue weighted by Crippen LogP contribution is 2.18. The molecular weight excluding hydrogens is 234 g/mol. The summed E-state index contributed by atoms with van der Waals surface area (Å²) in [5.41, 5.74) is 6.83. The number of anilines is 1. The highest BCUT2D eigenvalue weighted by Gasteiger charge is 2.07. The van der Waals surface area contributed by atoms with Crippen LogP contribution in [-0.4, -0.2) is 5.78 Å². The van der Waals surface area contributed by atoms with Gasteiger partial charge in [-0.2, -0.15) is 0 Å². The molecule has 0 aliphatic rings. The molecule has 0 amide bonds. The molecule has 0 unspecified atom stereocenters. The van der Waals surface area contributed by atoms with Crippen molar-refractivity contribution in [3.8, 4) is 0 Å². The fourth-order valence-corrected chi connectivity index (χ4v) is 2.05. The first-order chi connectivity index (χ1) is 8.13. The zero-order chi connectivity index (χ0) is 12.7. The van der Waals surface area contributed by atoms with Crippen LogP contribution in [0.3, 0.4) is 0 Å².